The highest BCUT2D eigenvalue weighted by molar-refractivity contribution is 6.30. The number of anilines is 1. The fourth-order valence-corrected chi connectivity index (χ4v) is 3.85. The van der Waals surface area contributed by atoms with E-state index in [2.05, 4.69) is 22.0 Å². The largest absolute Gasteiger partial charge is 0.491 e. The molecule has 1 heterocycles. The van der Waals surface area contributed by atoms with Gasteiger partial charge in [0, 0.05) is 33.4 Å². The highest BCUT2D eigenvalue weighted by atomic mass is 35.5. The molecule has 34 heavy (non-hydrogen) atoms. The molecule has 3 aromatic carbocycles. The molecule has 0 radical (unpaired) electrons. The number of para-hydroxylation sites is 1. The Kier molecular flexibility index (Phi) is 7.01. The quantitative estimate of drug-likeness (QED) is 0.247. The van der Waals surface area contributed by atoms with Gasteiger partial charge >= 0.3 is 0 Å². The summed E-state index contributed by atoms with van der Waals surface area (Å²) in [5.41, 5.74) is 4.64. The number of hydrogen-bond donors (Lipinski definition) is 1. The van der Waals surface area contributed by atoms with E-state index in [1.807, 2.05) is 56.4 Å². The molecule has 170 valence electrons. The number of nitrogens with one attached hydrogen (secondary N) is 1. The van der Waals surface area contributed by atoms with Gasteiger partial charge in [-0.25, -0.2) is 0 Å². The van der Waals surface area contributed by atoms with Gasteiger partial charge in [-0.1, -0.05) is 41.9 Å². The molecule has 0 aliphatic rings. The monoisotopic (exact) mass is 469 g/mol. The third kappa shape index (κ3) is 5.31. The van der Waals surface area contributed by atoms with Crippen LogP contribution in [0.4, 0.5) is 5.69 Å². The van der Waals surface area contributed by atoms with Gasteiger partial charge in [-0.05, 0) is 67.4 Å². The second kappa shape index (κ2) is 10.3. The molecule has 0 spiro atoms. The normalized spacial score (nSPS) is 11.3. The van der Waals surface area contributed by atoms with Gasteiger partial charge in [0.15, 0.2) is 0 Å². The summed E-state index contributed by atoms with van der Waals surface area (Å²) in [6, 6.07) is 22.8. The molecule has 0 bridgehead atoms. The predicted octanol–water partition coefficient (Wildman–Crippen LogP) is 6.54. The van der Waals surface area contributed by atoms with Crippen LogP contribution in [-0.2, 0) is 11.3 Å². The number of carbonyl (C=O) groups excluding carboxylic acids is 1. The smallest absolute Gasteiger partial charge is 0.266 e. The van der Waals surface area contributed by atoms with Crippen LogP contribution in [0.25, 0.3) is 17.0 Å². The average Bonchev–Trinajstić information content (AvgIpc) is 3.18. The molecule has 4 aromatic rings. The minimum Gasteiger partial charge on any atom is -0.491 e. The van der Waals surface area contributed by atoms with E-state index in [0.29, 0.717) is 23.9 Å². The third-order valence-corrected chi connectivity index (χ3v) is 5.77. The number of hydrogen-bond acceptors (Lipinski definition) is 3. The van der Waals surface area contributed by atoms with Crippen molar-refractivity contribution in [1.82, 2.24) is 4.57 Å². The number of nitriles is 1. The lowest BCUT2D eigenvalue weighted by Crippen LogP contribution is -2.13. The van der Waals surface area contributed by atoms with Gasteiger partial charge in [-0.2, -0.15) is 5.26 Å². The van der Waals surface area contributed by atoms with E-state index >= 15 is 0 Å². The zero-order valence-electron chi connectivity index (χ0n) is 19.0. The number of benzene rings is 3. The molecule has 0 saturated carbocycles. The minimum atomic E-state index is -0.472. The van der Waals surface area contributed by atoms with Gasteiger partial charge < -0.3 is 14.6 Å². The first kappa shape index (κ1) is 23.2. The lowest BCUT2D eigenvalue weighted by molar-refractivity contribution is -0.112. The summed E-state index contributed by atoms with van der Waals surface area (Å²) in [6.45, 7) is 5.19. The summed E-state index contributed by atoms with van der Waals surface area (Å²) in [5, 5.41) is 13.9. The molecule has 0 aliphatic heterocycles. The molecule has 0 saturated heterocycles. The van der Waals surface area contributed by atoms with Crippen molar-refractivity contribution in [2.75, 3.05) is 11.9 Å². The van der Waals surface area contributed by atoms with E-state index in [-0.39, 0.29) is 5.57 Å². The van der Waals surface area contributed by atoms with E-state index in [4.69, 9.17) is 16.3 Å². The van der Waals surface area contributed by atoms with Crippen LogP contribution in [-0.4, -0.2) is 17.1 Å². The molecule has 5 nitrogen and oxygen atoms in total. The van der Waals surface area contributed by atoms with Crippen molar-refractivity contribution in [3.05, 3.63) is 100 Å². The van der Waals surface area contributed by atoms with Gasteiger partial charge in [-0.15, -0.1) is 0 Å². The molecule has 4 rings (SSSR count). The Labute approximate surface area is 203 Å². The number of amides is 1. The first-order valence-electron chi connectivity index (χ1n) is 10.9. The van der Waals surface area contributed by atoms with Crippen molar-refractivity contribution in [1.29, 1.82) is 5.26 Å². The van der Waals surface area contributed by atoms with Crippen LogP contribution in [0, 0.1) is 25.2 Å². The number of carbonyl (C=O) groups is 1. The van der Waals surface area contributed by atoms with E-state index in [1.165, 1.54) is 0 Å². The zero-order chi connectivity index (χ0) is 24.1. The molecular weight excluding hydrogens is 446 g/mol. The van der Waals surface area contributed by atoms with Gasteiger partial charge in [0.05, 0.1) is 6.54 Å². The molecule has 0 aliphatic carbocycles. The van der Waals surface area contributed by atoms with Crippen LogP contribution >= 0.6 is 11.6 Å². The number of halogens is 1. The van der Waals surface area contributed by atoms with Crippen LogP contribution in [0.2, 0.25) is 5.02 Å². The van der Waals surface area contributed by atoms with Crippen LogP contribution in [0.15, 0.2) is 78.5 Å². The van der Waals surface area contributed by atoms with Crippen molar-refractivity contribution in [3.63, 3.8) is 0 Å². The molecule has 0 atom stereocenters. The van der Waals surface area contributed by atoms with E-state index in [1.54, 1.807) is 30.3 Å². The van der Waals surface area contributed by atoms with Gasteiger partial charge in [-0.3, -0.25) is 4.79 Å². The fraction of sp³-hybridized carbons (Fsp3) is 0.143. The van der Waals surface area contributed by atoms with E-state index in [0.717, 1.165) is 33.3 Å². The summed E-state index contributed by atoms with van der Waals surface area (Å²) < 4.78 is 8.11. The molecule has 1 amide bonds. The van der Waals surface area contributed by atoms with Crippen molar-refractivity contribution >= 4 is 40.2 Å². The minimum absolute atomic E-state index is 0.0180. The van der Waals surface area contributed by atoms with Crippen LogP contribution in [0.5, 0.6) is 5.75 Å². The standard InChI is InChI=1S/C28H24ClN3O2/c1-19-7-8-20(2)27(15-19)34-14-13-32-18-22(25-5-3-4-6-26(25)32)16-21(17-30)28(33)31-24-11-9-23(29)10-12-24/h3-12,15-16,18H,13-14H2,1-2H3,(H,31,33)/b21-16-. The molecule has 0 fully saturated rings. The Bertz CT molecular complexity index is 1410. The van der Waals surface area contributed by atoms with Crippen molar-refractivity contribution in [2.24, 2.45) is 0 Å². The lowest BCUT2D eigenvalue weighted by atomic mass is 10.1. The van der Waals surface area contributed by atoms with Crippen LogP contribution in [0.1, 0.15) is 16.7 Å². The summed E-state index contributed by atoms with van der Waals surface area (Å²) in [5.74, 6) is 0.405. The first-order chi connectivity index (χ1) is 16.4. The number of aryl methyl sites for hydroxylation is 2. The maximum atomic E-state index is 12.7. The number of aromatic nitrogens is 1. The van der Waals surface area contributed by atoms with Gasteiger partial charge in [0.2, 0.25) is 0 Å². The molecule has 0 unspecified atom stereocenters. The third-order valence-electron chi connectivity index (χ3n) is 5.52. The maximum absolute atomic E-state index is 12.7. The molecule has 1 aromatic heterocycles. The summed E-state index contributed by atoms with van der Waals surface area (Å²) in [6.07, 6.45) is 3.57. The summed E-state index contributed by atoms with van der Waals surface area (Å²) in [4.78, 5) is 12.7. The lowest BCUT2D eigenvalue weighted by Gasteiger charge is -2.11. The summed E-state index contributed by atoms with van der Waals surface area (Å²) >= 11 is 5.90. The SMILES string of the molecule is Cc1ccc(C)c(OCCn2cc(/C=C(/C#N)C(=O)Nc3ccc(Cl)cc3)c3ccccc32)c1. The van der Waals surface area contributed by atoms with Gasteiger partial charge in [0.25, 0.3) is 5.91 Å². The van der Waals surface area contributed by atoms with Crippen molar-refractivity contribution in [2.45, 2.75) is 20.4 Å². The highest BCUT2D eigenvalue weighted by Gasteiger charge is 2.13. The predicted molar refractivity (Wildman–Crippen MR) is 137 cm³/mol. The number of rotatable bonds is 7. The summed E-state index contributed by atoms with van der Waals surface area (Å²) in [7, 11) is 0. The van der Waals surface area contributed by atoms with Crippen molar-refractivity contribution < 1.29 is 9.53 Å². The average molecular weight is 470 g/mol. The van der Waals surface area contributed by atoms with Gasteiger partial charge in [0.1, 0.15) is 24.0 Å². The Morgan fingerprint density at radius 1 is 1.12 bits per heavy atom. The van der Waals surface area contributed by atoms with E-state index in [9.17, 15) is 10.1 Å². The van der Waals surface area contributed by atoms with Crippen molar-refractivity contribution in [3.8, 4) is 11.8 Å². The number of fused-ring (bicyclic) bond motifs is 1. The van der Waals surface area contributed by atoms with Crippen LogP contribution < -0.4 is 10.1 Å². The maximum Gasteiger partial charge on any atom is 0.266 e. The molecular formula is C28H24ClN3O2. The number of nitrogens with zero attached hydrogens (tertiary/aromatic N) is 2. The first-order valence-corrected chi connectivity index (χ1v) is 11.3. The number of ether oxygens (including phenoxy) is 1. The Morgan fingerprint density at radius 3 is 2.65 bits per heavy atom. The zero-order valence-corrected chi connectivity index (χ0v) is 19.8. The highest BCUT2D eigenvalue weighted by Crippen LogP contribution is 2.25. The fourth-order valence-electron chi connectivity index (χ4n) is 3.73. The molecule has 6 heteroatoms. The Hall–Kier alpha value is -4.01. The Balaban J connectivity index is 1.56. The topological polar surface area (TPSA) is 67.0 Å². The second-order valence-corrected chi connectivity index (χ2v) is 8.48. The Morgan fingerprint density at radius 2 is 1.88 bits per heavy atom. The van der Waals surface area contributed by atoms with Crippen LogP contribution in [0.3, 0.4) is 0 Å². The molecule has 1 N–H and O–H groups in total. The van der Waals surface area contributed by atoms with E-state index < -0.39 is 5.91 Å². The second-order valence-electron chi connectivity index (χ2n) is 8.04.